The molecule has 156 valence electrons. The molecule has 0 amide bonds. The van der Waals surface area contributed by atoms with E-state index in [9.17, 15) is 19.2 Å². The van der Waals surface area contributed by atoms with Crippen LogP contribution in [0.1, 0.15) is 80.1 Å². The molecule has 0 atom stereocenters. The molecule has 0 aromatic carbocycles. The van der Waals surface area contributed by atoms with Gasteiger partial charge in [-0.15, -0.1) is 0 Å². The first kappa shape index (κ1) is 26.3. The molecule has 0 radical (unpaired) electrons. The Labute approximate surface area is 168 Å². The molecule has 0 aromatic rings. The standard InChI is InChI=1S/2C6H9O2.2C4H9O.Ti/c2*1-2-3-6(8)4-5-7;2*1-4(2)3-5;/h2*2-4H2,1H3;2*4H,3H2,1-2H3;/q;;2*-1;+2. The molecule has 6 nitrogen and oxygen atoms in total. The summed E-state index contributed by atoms with van der Waals surface area (Å²) in [5, 5.41) is 0. The molecule has 0 unspecified atom stereocenters. The van der Waals surface area contributed by atoms with Crippen LogP contribution in [0.5, 0.6) is 0 Å². The number of rotatable bonds is 16. The predicted molar refractivity (Wildman–Crippen MR) is 101 cm³/mol. The summed E-state index contributed by atoms with van der Waals surface area (Å²) >= 11 is -4.68. The number of ketones is 2. The van der Waals surface area contributed by atoms with Gasteiger partial charge in [-0.3, -0.25) is 0 Å². The molecule has 0 N–H and O–H groups in total. The summed E-state index contributed by atoms with van der Waals surface area (Å²) in [6.07, 6.45) is 1.13. The Balaban J connectivity index is 5.74. The second kappa shape index (κ2) is 13.5. The van der Waals surface area contributed by atoms with Gasteiger partial charge in [-0.1, -0.05) is 0 Å². The summed E-state index contributed by atoms with van der Waals surface area (Å²) in [5.41, 5.74) is 0. The van der Waals surface area contributed by atoms with E-state index in [2.05, 4.69) is 0 Å². The van der Waals surface area contributed by atoms with Crippen molar-refractivity contribution < 1.29 is 43.2 Å². The van der Waals surface area contributed by atoms with Crippen LogP contribution >= 0.6 is 0 Å². The van der Waals surface area contributed by atoms with E-state index in [0.29, 0.717) is 12.8 Å². The van der Waals surface area contributed by atoms with Crippen molar-refractivity contribution in [3.8, 4) is 0 Å². The fourth-order valence-corrected chi connectivity index (χ4v) is 7.15. The zero-order valence-electron chi connectivity index (χ0n) is 17.8. The number of hydrogen-bond donors (Lipinski definition) is 0. The third-order valence-electron chi connectivity index (χ3n) is 3.75. The third-order valence-corrected chi connectivity index (χ3v) is 8.38. The monoisotopic (exact) mass is 420 g/mol. The maximum absolute atomic E-state index is 13.0. The summed E-state index contributed by atoms with van der Waals surface area (Å²) in [5.74, 6) is -0.246. The quantitative estimate of drug-likeness (QED) is 0.278. The van der Waals surface area contributed by atoms with E-state index in [-0.39, 0.29) is 62.3 Å². The van der Waals surface area contributed by atoms with Gasteiger partial charge in [-0.05, 0) is 0 Å². The summed E-state index contributed by atoms with van der Waals surface area (Å²) in [4.78, 5) is 50.2. The van der Waals surface area contributed by atoms with Crippen molar-refractivity contribution >= 4 is 19.7 Å². The summed E-state index contributed by atoms with van der Waals surface area (Å²) in [6.45, 7) is 11.7. The Morgan fingerprint density at radius 1 is 0.704 bits per heavy atom. The van der Waals surface area contributed by atoms with Crippen molar-refractivity contribution in [3.63, 3.8) is 0 Å². The van der Waals surface area contributed by atoms with Gasteiger partial charge in [-0.25, -0.2) is 0 Å². The van der Waals surface area contributed by atoms with E-state index in [0.717, 1.165) is 0 Å². The third kappa shape index (κ3) is 9.88. The van der Waals surface area contributed by atoms with Gasteiger partial charge in [0, 0.05) is 0 Å². The molecular formula is C20H36O6Ti. The molecule has 0 aliphatic heterocycles. The molecule has 0 rings (SSSR count). The molecule has 7 heteroatoms. The van der Waals surface area contributed by atoms with E-state index < -0.39 is 25.5 Å². The topological polar surface area (TPSA) is 86.7 Å². The van der Waals surface area contributed by atoms with Gasteiger partial charge in [0.25, 0.3) is 0 Å². The summed E-state index contributed by atoms with van der Waals surface area (Å²) in [6, 6.07) is 0. The van der Waals surface area contributed by atoms with Crippen molar-refractivity contribution in [3.05, 3.63) is 0 Å². The van der Waals surface area contributed by atoms with E-state index in [1.807, 2.05) is 41.5 Å². The number of hydrogen-bond acceptors (Lipinski definition) is 6. The Bertz CT molecular complexity index is 467. The van der Waals surface area contributed by atoms with E-state index in [1.54, 1.807) is 0 Å². The first-order valence-electron chi connectivity index (χ1n) is 9.96. The molecule has 0 spiro atoms. The van der Waals surface area contributed by atoms with Crippen LogP contribution in [0.25, 0.3) is 0 Å². The molecule has 0 bridgehead atoms. The van der Waals surface area contributed by atoms with Crippen LogP contribution in [0.3, 0.4) is 0 Å². The second-order valence-corrected chi connectivity index (χ2v) is 12.4. The van der Waals surface area contributed by atoms with Gasteiger partial charge in [-0.2, -0.15) is 0 Å². The maximum atomic E-state index is 13.0. The van der Waals surface area contributed by atoms with Crippen LogP contribution in [0.4, 0.5) is 0 Å². The Kier molecular flexibility index (Phi) is 13.1. The molecule has 0 heterocycles. The minimum absolute atomic E-state index is 0.0935. The molecule has 0 saturated heterocycles. The Hall–Kier alpha value is -0.686. The average Bonchev–Trinajstić information content (AvgIpc) is 2.54. The van der Waals surface area contributed by atoms with Crippen LogP contribution < -0.4 is 0 Å². The van der Waals surface area contributed by atoms with Crippen LogP contribution in [-0.4, -0.2) is 33.0 Å². The molecule has 27 heavy (non-hydrogen) atoms. The van der Waals surface area contributed by atoms with E-state index >= 15 is 0 Å². The van der Waals surface area contributed by atoms with Crippen LogP contribution in [0.2, 0.25) is 0 Å². The van der Waals surface area contributed by atoms with Gasteiger partial charge in [0.05, 0.1) is 0 Å². The molecule has 0 fully saturated rings. The molecule has 0 aliphatic rings. The summed E-state index contributed by atoms with van der Waals surface area (Å²) < 4.78 is 10.7. The predicted octanol–water partition coefficient (Wildman–Crippen LogP) is 3.89. The van der Waals surface area contributed by atoms with Crippen LogP contribution in [-0.2, 0) is 43.2 Å². The fraction of sp³-hybridized carbons (Fsp3) is 0.800. The number of Topliss-reactive ketones (excluding diaryl/α,β-unsaturated/α-hetero) is 2. The van der Waals surface area contributed by atoms with Gasteiger partial charge in [0.15, 0.2) is 0 Å². The second-order valence-electron chi connectivity index (χ2n) is 7.80. The van der Waals surface area contributed by atoms with Gasteiger partial charge in [0.2, 0.25) is 0 Å². The zero-order valence-corrected chi connectivity index (χ0v) is 19.3. The van der Waals surface area contributed by atoms with Crippen molar-refractivity contribution in [2.24, 2.45) is 11.8 Å². The van der Waals surface area contributed by atoms with Gasteiger partial charge < -0.3 is 0 Å². The van der Waals surface area contributed by atoms with Gasteiger partial charge in [0.1, 0.15) is 0 Å². The van der Waals surface area contributed by atoms with Crippen LogP contribution in [0, 0.1) is 11.8 Å². The molecule has 0 saturated carbocycles. The van der Waals surface area contributed by atoms with Crippen molar-refractivity contribution in [1.29, 1.82) is 0 Å². The van der Waals surface area contributed by atoms with Crippen molar-refractivity contribution in [2.75, 3.05) is 13.2 Å². The Morgan fingerprint density at radius 3 is 1.30 bits per heavy atom. The molecular weight excluding hydrogens is 384 g/mol. The number of carbonyl (C=O) groups is 4. The summed E-state index contributed by atoms with van der Waals surface area (Å²) in [7, 11) is 0. The normalized spacial score (nSPS) is 11.9. The Morgan fingerprint density at radius 2 is 1.04 bits per heavy atom. The zero-order chi connectivity index (χ0) is 21.0. The van der Waals surface area contributed by atoms with E-state index in [4.69, 9.17) is 6.64 Å². The van der Waals surface area contributed by atoms with E-state index in [1.165, 1.54) is 0 Å². The fourth-order valence-electron chi connectivity index (χ4n) is 2.41. The average molecular weight is 420 g/mol. The SMILES string of the molecule is CCCC(=O)C[C](=O)[Ti]([O]CC(C)C)([O]CC(C)C)[C](=O)CC(=O)CCC. The minimum atomic E-state index is -4.68. The van der Waals surface area contributed by atoms with Crippen LogP contribution in [0.15, 0.2) is 0 Å². The first-order valence-corrected chi connectivity index (χ1v) is 12.8. The first-order chi connectivity index (χ1) is 12.6. The number of carbonyl (C=O) groups excluding carboxylic acids is 4. The van der Waals surface area contributed by atoms with Crippen molar-refractivity contribution in [1.82, 2.24) is 0 Å². The van der Waals surface area contributed by atoms with Gasteiger partial charge >= 0.3 is 168 Å². The van der Waals surface area contributed by atoms with Crippen molar-refractivity contribution in [2.45, 2.75) is 80.1 Å². The molecule has 0 aliphatic carbocycles. The molecule has 0 aromatic heterocycles.